The normalized spacial score (nSPS) is 20.8. The maximum Gasteiger partial charge on any atom is 0.244 e. The average molecular weight is 692 g/mol. The fraction of sp³-hybridized carbons (Fsp3) is 0.475. The number of piperidine rings is 2. The number of carbonyl (C=O) groups is 4. The minimum absolute atomic E-state index is 0.0452. The summed E-state index contributed by atoms with van der Waals surface area (Å²) in [4.78, 5) is 62.6. The zero-order chi connectivity index (χ0) is 35.6. The highest BCUT2D eigenvalue weighted by Crippen LogP contribution is 2.47. The highest BCUT2D eigenvalue weighted by atomic mass is 16.2. The minimum atomic E-state index is -0.696. The molecule has 1 spiro atoms. The van der Waals surface area contributed by atoms with Gasteiger partial charge >= 0.3 is 0 Å². The second-order valence-corrected chi connectivity index (χ2v) is 15.1. The summed E-state index contributed by atoms with van der Waals surface area (Å²) < 4.78 is 0. The molecule has 4 amide bonds. The number of nitrogens with one attached hydrogen (secondary N) is 4. The van der Waals surface area contributed by atoms with E-state index in [2.05, 4.69) is 26.3 Å². The highest BCUT2D eigenvalue weighted by molar-refractivity contribution is 6.06. The van der Waals surface area contributed by atoms with Gasteiger partial charge in [-0.1, -0.05) is 43.3 Å². The molecule has 0 radical (unpaired) electrons. The topological polar surface area (TPSA) is 136 Å². The molecule has 2 aromatic carbocycles. The van der Waals surface area contributed by atoms with E-state index in [0.717, 1.165) is 53.7 Å². The fourth-order valence-electron chi connectivity index (χ4n) is 8.51. The molecule has 51 heavy (non-hydrogen) atoms. The van der Waals surface area contributed by atoms with Crippen molar-refractivity contribution in [2.45, 2.75) is 70.4 Å². The third-order valence-corrected chi connectivity index (χ3v) is 11.6. The van der Waals surface area contributed by atoms with Gasteiger partial charge in [0.05, 0.1) is 5.41 Å². The Labute approximate surface area is 300 Å². The molecule has 1 aliphatic carbocycles. The van der Waals surface area contributed by atoms with E-state index < -0.39 is 10.8 Å². The van der Waals surface area contributed by atoms with Crippen LogP contribution in [0.4, 0.5) is 11.5 Å². The predicted octanol–water partition coefficient (Wildman–Crippen LogP) is 3.78. The van der Waals surface area contributed by atoms with Crippen molar-refractivity contribution in [1.82, 2.24) is 25.4 Å². The molecule has 1 atom stereocenters. The first-order valence-electron chi connectivity index (χ1n) is 18.4. The van der Waals surface area contributed by atoms with Gasteiger partial charge in [0.2, 0.25) is 23.6 Å². The van der Waals surface area contributed by atoms with E-state index >= 15 is 0 Å². The minimum Gasteiger partial charge on any atom is -0.343 e. The number of anilines is 2. The average Bonchev–Trinajstić information content (AvgIpc) is 3.65. The molecular formula is C40H49N7O4. The van der Waals surface area contributed by atoms with Gasteiger partial charge in [-0.3, -0.25) is 19.2 Å². The van der Waals surface area contributed by atoms with E-state index in [0.29, 0.717) is 75.7 Å². The summed E-state index contributed by atoms with van der Waals surface area (Å²) in [6.45, 7) is 5.82. The Morgan fingerprint density at radius 2 is 1.73 bits per heavy atom. The number of fused-ring (bicyclic) bond motifs is 3. The first kappa shape index (κ1) is 34.8. The van der Waals surface area contributed by atoms with Crippen LogP contribution in [0.15, 0.2) is 60.8 Å². The van der Waals surface area contributed by atoms with Crippen LogP contribution in [0.3, 0.4) is 0 Å². The summed E-state index contributed by atoms with van der Waals surface area (Å²) in [5.41, 5.74) is 4.31. The van der Waals surface area contributed by atoms with Crippen molar-refractivity contribution in [3.05, 3.63) is 88.6 Å². The van der Waals surface area contributed by atoms with Crippen LogP contribution in [0.1, 0.15) is 66.8 Å². The van der Waals surface area contributed by atoms with Crippen LogP contribution in [0.25, 0.3) is 0 Å². The molecule has 0 unspecified atom stereocenters. The lowest BCUT2D eigenvalue weighted by atomic mass is 9.78. The Morgan fingerprint density at radius 1 is 0.980 bits per heavy atom. The molecule has 4 N–H and O–H groups in total. The summed E-state index contributed by atoms with van der Waals surface area (Å²) in [6.07, 6.45) is 6.52. The highest BCUT2D eigenvalue weighted by Gasteiger charge is 2.51. The molecule has 3 aliphatic heterocycles. The molecule has 11 heteroatoms. The molecule has 0 saturated carbocycles. The number of pyridine rings is 1. The SMILES string of the molecule is CNCc1ccccc1CN(CC(=O)Nc1ccc2c(c1)C[C@@]1(C2)C(=O)Nc2ncccc21)C(=O)C1(C)CCN(C(=O)CC2CCNCC2)CC1. The Hall–Kier alpha value is -4.61. The predicted molar refractivity (Wildman–Crippen MR) is 196 cm³/mol. The zero-order valence-corrected chi connectivity index (χ0v) is 29.7. The van der Waals surface area contributed by atoms with Crippen LogP contribution in [-0.4, -0.2) is 78.2 Å². The van der Waals surface area contributed by atoms with Crippen molar-refractivity contribution in [1.29, 1.82) is 0 Å². The number of likely N-dealkylation sites (tertiary alicyclic amines) is 1. The van der Waals surface area contributed by atoms with Gasteiger partial charge in [0.25, 0.3) is 0 Å². The maximum atomic E-state index is 14.5. The van der Waals surface area contributed by atoms with Crippen molar-refractivity contribution in [3.63, 3.8) is 0 Å². The fourth-order valence-corrected chi connectivity index (χ4v) is 8.51. The lowest BCUT2D eigenvalue weighted by Crippen LogP contribution is -2.51. The number of nitrogens with zero attached hydrogens (tertiary/aromatic N) is 3. The van der Waals surface area contributed by atoms with E-state index in [1.807, 2.05) is 73.5 Å². The Bertz CT molecular complexity index is 1810. The molecule has 1 aromatic heterocycles. The molecule has 4 heterocycles. The van der Waals surface area contributed by atoms with Crippen LogP contribution in [0, 0.1) is 11.3 Å². The Morgan fingerprint density at radius 3 is 2.49 bits per heavy atom. The summed E-state index contributed by atoms with van der Waals surface area (Å²) in [5.74, 6) is 0.821. The monoisotopic (exact) mass is 691 g/mol. The van der Waals surface area contributed by atoms with Crippen LogP contribution >= 0.6 is 0 Å². The lowest BCUT2D eigenvalue weighted by Gasteiger charge is -2.41. The second-order valence-electron chi connectivity index (χ2n) is 15.1. The lowest BCUT2D eigenvalue weighted by molar-refractivity contribution is -0.149. The summed E-state index contributed by atoms with van der Waals surface area (Å²) in [6, 6.07) is 17.6. The van der Waals surface area contributed by atoms with Crippen LogP contribution in [0.5, 0.6) is 0 Å². The Kier molecular flexibility index (Phi) is 9.94. The van der Waals surface area contributed by atoms with Gasteiger partial charge in [-0.25, -0.2) is 4.98 Å². The van der Waals surface area contributed by atoms with Crippen molar-refractivity contribution in [2.24, 2.45) is 11.3 Å². The number of hydrogen-bond acceptors (Lipinski definition) is 7. The largest absolute Gasteiger partial charge is 0.343 e. The number of hydrogen-bond donors (Lipinski definition) is 4. The standard InChI is InChI=1S/C40H49N7O4/c1-39(13-18-46(19-14-39)35(49)20-27-11-16-42-17-12-27)38(51)47(25-30-7-4-3-6-29(30)24-41-2)26-34(48)44-32-10-9-28-22-40(23-31(28)21-32)33-8-5-15-43-36(33)45-37(40)50/h3-10,15,21,27,41-42H,11-14,16-20,22-26H2,1-2H3,(H,44,48)(H,43,45,50)/t40-/m1/s1. The molecule has 7 rings (SSSR count). The van der Waals surface area contributed by atoms with Gasteiger partial charge in [0, 0.05) is 55.5 Å². The number of amides is 4. The van der Waals surface area contributed by atoms with Crippen molar-refractivity contribution >= 4 is 35.1 Å². The number of aromatic nitrogens is 1. The zero-order valence-electron chi connectivity index (χ0n) is 29.7. The first-order chi connectivity index (χ1) is 24.7. The molecule has 11 nitrogen and oxygen atoms in total. The van der Waals surface area contributed by atoms with Crippen molar-refractivity contribution in [3.8, 4) is 0 Å². The molecule has 4 aliphatic rings. The number of carbonyl (C=O) groups excluding carboxylic acids is 4. The van der Waals surface area contributed by atoms with Crippen LogP contribution in [0.2, 0.25) is 0 Å². The Balaban J connectivity index is 1.05. The summed E-state index contributed by atoms with van der Waals surface area (Å²) in [5, 5.41) is 12.6. The van der Waals surface area contributed by atoms with E-state index in [9.17, 15) is 19.2 Å². The quantitative estimate of drug-likeness (QED) is 0.254. The number of rotatable bonds is 10. The van der Waals surface area contributed by atoms with E-state index in [1.165, 1.54) is 0 Å². The second kappa shape index (κ2) is 14.6. The van der Waals surface area contributed by atoms with Crippen LogP contribution < -0.4 is 21.3 Å². The molecule has 2 fully saturated rings. The van der Waals surface area contributed by atoms with Gasteiger partial charge < -0.3 is 31.1 Å². The maximum absolute atomic E-state index is 14.5. The van der Waals surface area contributed by atoms with Crippen LogP contribution in [-0.2, 0) is 50.5 Å². The molecule has 2 saturated heterocycles. The molecule has 0 bridgehead atoms. The van der Waals surface area contributed by atoms with Crippen molar-refractivity contribution in [2.75, 3.05) is 50.4 Å². The third-order valence-electron chi connectivity index (χ3n) is 11.6. The smallest absolute Gasteiger partial charge is 0.244 e. The summed E-state index contributed by atoms with van der Waals surface area (Å²) >= 11 is 0. The van der Waals surface area contributed by atoms with Gasteiger partial charge in [0.1, 0.15) is 12.4 Å². The molecule has 3 aromatic rings. The first-order valence-corrected chi connectivity index (χ1v) is 18.4. The summed E-state index contributed by atoms with van der Waals surface area (Å²) in [7, 11) is 1.89. The number of benzene rings is 2. The van der Waals surface area contributed by atoms with E-state index in [-0.39, 0.29) is 30.2 Å². The van der Waals surface area contributed by atoms with Gasteiger partial charge in [0.15, 0.2) is 0 Å². The van der Waals surface area contributed by atoms with E-state index in [4.69, 9.17) is 0 Å². The van der Waals surface area contributed by atoms with Gasteiger partial charge in [-0.2, -0.15) is 0 Å². The molecular weight excluding hydrogens is 642 g/mol. The van der Waals surface area contributed by atoms with Gasteiger partial charge in [-0.05, 0) is 105 Å². The third kappa shape index (κ3) is 7.14. The van der Waals surface area contributed by atoms with Crippen molar-refractivity contribution < 1.29 is 19.2 Å². The van der Waals surface area contributed by atoms with E-state index in [1.54, 1.807) is 11.1 Å². The molecule has 268 valence electrons. The van der Waals surface area contributed by atoms with Gasteiger partial charge in [-0.15, -0.1) is 0 Å².